The van der Waals surface area contributed by atoms with Crippen LogP contribution < -0.4 is 21.7 Å². The summed E-state index contributed by atoms with van der Waals surface area (Å²) in [4.78, 5) is 150. The number of esters is 2. The Morgan fingerprint density at radius 1 is 0.515 bits per heavy atom. The molecule has 0 aliphatic carbocycles. The number of nitro groups is 3. The average molecular weight is 942 g/mol. The first-order valence-electron chi connectivity index (χ1n) is 20.8. The first kappa shape index (κ1) is 48.8. The molecule has 9 rings (SSSR count). The molecular weight excluding hydrogens is 903 g/mol. The van der Waals surface area contributed by atoms with Crippen molar-refractivity contribution in [3.63, 3.8) is 0 Å². The minimum absolute atomic E-state index is 0.00694. The lowest BCUT2D eigenvalue weighted by Gasteiger charge is -2.23. The number of fused-ring (bicyclic) bond motifs is 3. The van der Waals surface area contributed by atoms with E-state index in [9.17, 15) is 78.3 Å². The minimum Gasteiger partial charge on any atom is -0.385 e. The van der Waals surface area contributed by atoms with Crippen molar-refractivity contribution in [2.45, 2.75) is 75.9 Å². The number of nitro benzene ring substituents is 3. The van der Waals surface area contributed by atoms with Gasteiger partial charge in [-0.3, -0.25) is 83.8 Å². The number of ether oxygens (including phenoxy) is 1. The predicted molar refractivity (Wildman–Crippen MR) is 226 cm³/mol. The van der Waals surface area contributed by atoms with Gasteiger partial charge in [-0.15, -0.1) is 0 Å². The van der Waals surface area contributed by atoms with Gasteiger partial charge in [0, 0.05) is 37.7 Å². The van der Waals surface area contributed by atoms with Crippen molar-refractivity contribution in [2.24, 2.45) is 5.73 Å². The summed E-state index contributed by atoms with van der Waals surface area (Å²) in [5, 5.41) is 40.1. The number of carbonyl (C=O) groups excluding carboxylic acids is 10. The van der Waals surface area contributed by atoms with Crippen LogP contribution in [0.5, 0.6) is 0 Å². The molecule has 0 bridgehead atoms. The van der Waals surface area contributed by atoms with Gasteiger partial charge in [0.1, 0.15) is 23.2 Å². The number of nitrogens with zero attached hydrogens (tertiary/aromatic N) is 5. The van der Waals surface area contributed by atoms with Crippen molar-refractivity contribution in [2.75, 3.05) is 13.1 Å². The summed E-state index contributed by atoms with van der Waals surface area (Å²) in [5.74, 6) is -6.46. The molecule has 0 radical (unpaired) electrons. The smallest absolute Gasteiger partial charge is 0.353 e. The fraction of sp³-hybridized carbons (Fsp3) is 0.333. The molecular formula is C42H39N9O17. The van der Waals surface area contributed by atoms with Crippen molar-refractivity contribution < 1.29 is 67.5 Å². The lowest BCUT2D eigenvalue weighted by atomic mass is 10.1. The zero-order chi connectivity index (χ0) is 49.6. The molecule has 8 amide bonds. The fourth-order valence-electron chi connectivity index (χ4n) is 7.96. The number of carbonyl (C=O) groups is 10. The molecule has 3 unspecified atom stereocenters. The van der Waals surface area contributed by atoms with E-state index in [0.717, 1.165) is 49.3 Å². The van der Waals surface area contributed by atoms with Crippen molar-refractivity contribution in [1.82, 2.24) is 25.8 Å². The summed E-state index contributed by atoms with van der Waals surface area (Å²) < 4.78 is 4.24. The number of nitrogens with two attached hydrogens (primary N) is 1. The zero-order valence-electron chi connectivity index (χ0n) is 35.5. The average Bonchev–Trinajstić information content (AvgIpc) is 3.58. The number of imide groups is 3. The van der Waals surface area contributed by atoms with Gasteiger partial charge in [0.15, 0.2) is 5.56 Å². The van der Waals surface area contributed by atoms with E-state index in [4.69, 9.17) is 5.73 Å². The summed E-state index contributed by atoms with van der Waals surface area (Å²) in [6, 6.07) is 9.15. The second kappa shape index (κ2) is 20.7. The van der Waals surface area contributed by atoms with E-state index >= 15 is 0 Å². The maximum atomic E-state index is 12.5. The summed E-state index contributed by atoms with van der Waals surface area (Å²) in [6.45, 7) is 1.30. The van der Waals surface area contributed by atoms with E-state index in [1.54, 1.807) is 0 Å². The van der Waals surface area contributed by atoms with Gasteiger partial charge in [-0.2, -0.15) is 0 Å². The molecule has 3 saturated heterocycles. The summed E-state index contributed by atoms with van der Waals surface area (Å²) in [5.41, 5.74) is 3.20. The maximum Gasteiger partial charge on any atom is 0.353 e. The molecule has 6 aliphatic rings. The Hall–Kier alpha value is -8.68. The molecule has 5 N–H and O–H groups in total. The van der Waals surface area contributed by atoms with Crippen LogP contribution in [0.25, 0.3) is 0 Å². The molecule has 6 heterocycles. The highest BCUT2D eigenvalue weighted by molar-refractivity contribution is 6.25. The van der Waals surface area contributed by atoms with Gasteiger partial charge >= 0.3 is 11.9 Å². The van der Waals surface area contributed by atoms with Gasteiger partial charge < -0.3 is 21.1 Å². The standard InChI is InChI=1S/C14H11N3O6.C14H13N3O5.C8H3NO5.C6H12N2O/c18-10-6-2-5-9(12(19)15-10)16-13(20)7-3-1-4-8(17(22)23)11(7)14(16)21;18-12-10(5-1-2-7-15-12)16-13(19)8-4-3-6-9(17(21)22)11(8)14(16)20;10-7-4-2-1-3-5(9(12)13)6(4)8(11)14-7;7-5-3-1-2-4-8-6(5)9/h1,3-4,9H,2,5-6H2,(H,15,18,19);3-4,6,10H,1-2,5,7H2,(H,15,18);1-3H;5H,1-4,7H2,(H,8,9). The second-order valence-corrected chi connectivity index (χ2v) is 15.5. The number of cyclic esters (lactones) is 2. The first-order chi connectivity index (χ1) is 32.3. The third-order valence-corrected chi connectivity index (χ3v) is 11.2. The van der Waals surface area contributed by atoms with E-state index in [0.29, 0.717) is 30.7 Å². The fourth-order valence-corrected chi connectivity index (χ4v) is 7.96. The van der Waals surface area contributed by atoms with Gasteiger partial charge in [0.05, 0.1) is 37.5 Å². The van der Waals surface area contributed by atoms with Crippen molar-refractivity contribution in [1.29, 1.82) is 0 Å². The molecule has 68 heavy (non-hydrogen) atoms. The topological polar surface area (TPSA) is 378 Å². The highest BCUT2D eigenvalue weighted by Crippen LogP contribution is 2.35. The number of hydrogen-bond donors (Lipinski definition) is 4. The second-order valence-electron chi connectivity index (χ2n) is 15.5. The number of nitrogens with one attached hydrogen (secondary N) is 3. The molecule has 0 saturated carbocycles. The van der Waals surface area contributed by atoms with Gasteiger partial charge in [-0.25, -0.2) is 9.59 Å². The lowest BCUT2D eigenvalue weighted by molar-refractivity contribution is -0.385. The van der Waals surface area contributed by atoms with Gasteiger partial charge in [-0.05, 0) is 69.6 Å². The molecule has 0 spiro atoms. The summed E-state index contributed by atoms with van der Waals surface area (Å²) in [6.07, 6.45) is 5.39. The van der Waals surface area contributed by atoms with Crippen molar-refractivity contribution in [3.8, 4) is 0 Å². The van der Waals surface area contributed by atoms with Crippen LogP contribution in [0, 0.1) is 30.3 Å². The van der Waals surface area contributed by atoms with Crippen LogP contribution in [-0.2, 0) is 23.9 Å². The number of amides is 8. The Bertz CT molecular complexity index is 2720. The molecule has 26 nitrogen and oxygen atoms in total. The van der Waals surface area contributed by atoms with Crippen molar-refractivity contribution >= 4 is 76.3 Å². The van der Waals surface area contributed by atoms with Crippen LogP contribution in [0.3, 0.4) is 0 Å². The van der Waals surface area contributed by atoms with Gasteiger partial charge in [0.25, 0.3) is 40.7 Å². The highest BCUT2D eigenvalue weighted by atomic mass is 16.6. The maximum absolute atomic E-state index is 12.5. The molecule has 3 aromatic carbocycles. The summed E-state index contributed by atoms with van der Waals surface area (Å²) >= 11 is 0. The Morgan fingerprint density at radius 2 is 0.956 bits per heavy atom. The first-order valence-corrected chi connectivity index (χ1v) is 20.8. The van der Waals surface area contributed by atoms with Crippen LogP contribution in [0.2, 0.25) is 0 Å². The normalized spacial score (nSPS) is 20.7. The van der Waals surface area contributed by atoms with E-state index in [1.165, 1.54) is 42.5 Å². The van der Waals surface area contributed by atoms with Crippen LogP contribution in [0.1, 0.15) is 120 Å². The molecule has 0 aromatic heterocycles. The van der Waals surface area contributed by atoms with Crippen LogP contribution in [0.15, 0.2) is 54.6 Å². The lowest BCUT2D eigenvalue weighted by Crippen LogP contribution is -2.49. The molecule has 3 fully saturated rings. The Kier molecular flexibility index (Phi) is 14.8. The third-order valence-electron chi connectivity index (χ3n) is 11.2. The Morgan fingerprint density at radius 3 is 1.47 bits per heavy atom. The van der Waals surface area contributed by atoms with Gasteiger partial charge in [-0.1, -0.05) is 18.2 Å². The predicted octanol–water partition coefficient (Wildman–Crippen LogP) is 1.76. The number of benzene rings is 3. The third kappa shape index (κ3) is 9.93. The molecule has 3 atom stereocenters. The zero-order valence-corrected chi connectivity index (χ0v) is 35.5. The van der Waals surface area contributed by atoms with Crippen molar-refractivity contribution in [3.05, 3.63) is 118 Å². The highest BCUT2D eigenvalue weighted by Gasteiger charge is 2.48. The minimum atomic E-state index is -1.14. The number of rotatable bonds is 5. The van der Waals surface area contributed by atoms with Crippen LogP contribution >= 0.6 is 0 Å². The largest absolute Gasteiger partial charge is 0.385 e. The Labute approximate surface area is 381 Å². The van der Waals surface area contributed by atoms with E-state index in [1.807, 2.05) is 0 Å². The van der Waals surface area contributed by atoms with Crippen LogP contribution in [-0.4, -0.2) is 115 Å². The SMILES string of the molecule is NC1CCCCNC1=O.O=C1CCCC(N2C(=O)c3cccc([N+](=O)[O-])c3C2=O)C(=O)N1.O=C1NCCCCC1N1C(=O)c2cccc([N+](=O)[O-])c2C1=O.O=C1OC(=O)c2c1cccc2[N+](=O)[O-]. The molecule has 3 aromatic rings. The molecule has 354 valence electrons. The van der Waals surface area contributed by atoms with Crippen LogP contribution in [0.4, 0.5) is 17.1 Å². The van der Waals surface area contributed by atoms with Gasteiger partial charge in [0.2, 0.25) is 23.6 Å². The van der Waals surface area contributed by atoms with E-state index in [-0.39, 0.29) is 58.2 Å². The molecule has 6 aliphatic heterocycles. The van der Waals surface area contributed by atoms with E-state index < -0.39 is 97.2 Å². The summed E-state index contributed by atoms with van der Waals surface area (Å²) in [7, 11) is 0. The van der Waals surface area contributed by atoms with E-state index in [2.05, 4.69) is 20.7 Å². The number of hydrogen-bond acceptors (Lipinski definition) is 18. The monoisotopic (exact) mass is 941 g/mol. The quantitative estimate of drug-likeness (QED) is 0.0930. The Balaban J connectivity index is 0.000000157. The molecule has 26 heteroatoms.